The van der Waals surface area contributed by atoms with E-state index in [-0.39, 0.29) is 6.61 Å². The van der Waals surface area contributed by atoms with Crippen molar-refractivity contribution in [3.05, 3.63) is 28.5 Å². The van der Waals surface area contributed by atoms with Crippen molar-refractivity contribution in [1.82, 2.24) is 4.98 Å². The second-order valence-corrected chi connectivity index (χ2v) is 3.98. The van der Waals surface area contributed by atoms with E-state index in [1.807, 2.05) is 0 Å². The van der Waals surface area contributed by atoms with E-state index in [1.165, 1.54) is 12.4 Å². The molecule has 0 unspecified atom stereocenters. The molecule has 0 aliphatic carbocycles. The molecule has 0 atom stereocenters. The topological polar surface area (TPSA) is 22.1 Å². The van der Waals surface area contributed by atoms with Gasteiger partial charge >= 0.3 is 12.3 Å². The third-order valence-electron chi connectivity index (χ3n) is 1.64. The van der Waals surface area contributed by atoms with Gasteiger partial charge in [0.2, 0.25) is 0 Å². The summed E-state index contributed by atoms with van der Waals surface area (Å²) in [5.74, 6) is -4.11. The minimum Gasteiger partial charge on any atom is -0.370 e. The van der Waals surface area contributed by atoms with Gasteiger partial charge in [0.1, 0.15) is 6.61 Å². The van der Waals surface area contributed by atoms with Gasteiger partial charge < -0.3 is 4.74 Å². The normalized spacial score (nSPS) is 12.1. The maximum Gasteiger partial charge on any atom is 0.330 e. The van der Waals surface area contributed by atoms with Crippen molar-refractivity contribution in [3.8, 4) is 0 Å². The second kappa shape index (κ2) is 5.58. The molecule has 90 valence electrons. The number of nitrogens with zero attached hydrogens (tertiary/aromatic N) is 1. The predicted octanol–water partition coefficient (Wildman–Crippen LogP) is 3.26. The largest absolute Gasteiger partial charge is 0.370 e. The first-order valence-corrected chi connectivity index (χ1v) is 5.04. The van der Waals surface area contributed by atoms with Crippen molar-refractivity contribution in [2.75, 3.05) is 6.61 Å². The third kappa shape index (κ3) is 4.05. The highest BCUT2D eigenvalue weighted by Gasteiger charge is 2.40. The Morgan fingerprint density at radius 2 is 2.06 bits per heavy atom. The molecule has 0 amide bonds. The molecule has 1 heterocycles. The van der Waals surface area contributed by atoms with Gasteiger partial charge in [0.05, 0.1) is 6.61 Å². The smallest absolute Gasteiger partial charge is 0.330 e. The lowest BCUT2D eigenvalue weighted by molar-refractivity contribution is -0.168. The van der Waals surface area contributed by atoms with Crippen LogP contribution in [0.4, 0.5) is 17.6 Å². The molecule has 1 rings (SSSR count). The summed E-state index contributed by atoms with van der Waals surface area (Å²) >= 11 is 3.13. The van der Waals surface area contributed by atoms with Crippen LogP contribution in [0.2, 0.25) is 0 Å². The summed E-state index contributed by atoms with van der Waals surface area (Å²) in [6, 6.07) is 1.60. The number of pyridine rings is 1. The summed E-state index contributed by atoms with van der Waals surface area (Å²) in [6.07, 6.45) is -0.796. The monoisotopic (exact) mass is 301 g/mol. The number of hydrogen-bond donors (Lipinski definition) is 0. The Bertz CT molecular complexity index is 348. The number of aromatic nitrogens is 1. The van der Waals surface area contributed by atoms with E-state index < -0.39 is 19.0 Å². The number of hydrogen-bond acceptors (Lipinski definition) is 2. The summed E-state index contributed by atoms with van der Waals surface area (Å²) in [5, 5.41) is 0. The highest BCUT2D eigenvalue weighted by molar-refractivity contribution is 9.10. The summed E-state index contributed by atoms with van der Waals surface area (Å²) < 4.78 is 53.5. The van der Waals surface area contributed by atoms with Crippen LogP contribution in [0, 0.1) is 0 Å². The molecule has 0 fully saturated rings. The van der Waals surface area contributed by atoms with Gasteiger partial charge in [-0.25, -0.2) is 8.78 Å². The molecule has 0 saturated heterocycles. The highest BCUT2D eigenvalue weighted by Crippen LogP contribution is 2.23. The van der Waals surface area contributed by atoms with Gasteiger partial charge in [0.15, 0.2) is 0 Å². The quantitative estimate of drug-likeness (QED) is 0.779. The zero-order valence-electron chi connectivity index (χ0n) is 7.97. The lowest BCUT2D eigenvalue weighted by atomic mass is 10.3. The van der Waals surface area contributed by atoms with Crippen LogP contribution in [0.3, 0.4) is 0 Å². The first-order chi connectivity index (χ1) is 7.42. The fraction of sp³-hybridized carbons (Fsp3) is 0.444. The van der Waals surface area contributed by atoms with Crippen molar-refractivity contribution in [2.24, 2.45) is 0 Å². The molecule has 0 bridgehead atoms. The van der Waals surface area contributed by atoms with Crippen LogP contribution in [-0.4, -0.2) is 23.9 Å². The summed E-state index contributed by atoms with van der Waals surface area (Å²) in [6.45, 7) is -1.49. The number of ether oxygens (including phenoxy) is 1. The first kappa shape index (κ1) is 13.4. The molecule has 0 saturated carbocycles. The minimum absolute atomic E-state index is 0.186. The van der Waals surface area contributed by atoms with E-state index in [0.29, 0.717) is 10.0 Å². The Morgan fingerprint density at radius 1 is 1.38 bits per heavy atom. The molecule has 0 aromatic carbocycles. The lowest BCUT2D eigenvalue weighted by Crippen LogP contribution is -2.32. The van der Waals surface area contributed by atoms with Gasteiger partial charge in [0, 0.05) is 16.9 Å². The maximum atomic E-state index is 12.4. The molecule has 1 aromatic rings. The van der Waals surface area contributed by atoms with Crippen LogP contribution in [0.25, 0.3) is 0 Å². The summed E-state index contributed by atoms with van der Waals surface area (Å²) in [5.41, 5.74) is 0.527. The van der Waals surface area contributed by atoms with E-state index in [4.69, 9.17) is 0 Å². The summed E-state index contributed by atoms with van der Waals surface area (Å²) in [7, 11) is 0. The van der Waals surface area contributed by atoms with Crippen molar-refractivity contribution in [1.29, 1.82) is 0 Å². The molecular weight excluding hydrogens is 294 g/mol. The van der Waals surface area contributed by atoms with E-state index in [9.17, 15) is 17.6 Å². The van der Waals surface area contributed by atoms with Crippen LogP contribution in [0.5, 0.6) is 0 Å². The van der Waals surface area contributed by atoms with E-state index in [2.05, 4.69) is 25.7 Å². The van der Waals surface area contributed by atoms with E-state index >= 15 is 0 Å². The first-order valence-electron chi connectivity index (χ1n) is 4.25. The molecule has 1 aromatic heterocycles. The van der Waals surface area contributed by atoms with Gasteiger partial charge in [-0.05, 0) is 27.6 Å². The molecule has 0 aliphatic heterocycles. The van der Waals surface area contributed by atoms with Gasteiger partial charge in [-0.3, -0.25) is 4.98 Å². The average Bonchev–Trinajstić information content (AvgIpc) is 2.17. The van der Waals surface area contributed by atoms with Crippen molar-refractivity contribution in [3.63, 3.8) is 0 Å². The molecule has 0 spiro atoms. The zero-order valence-corrected chi connectivity index (χ0v) is 9.55. The van der Waals surface area contributed by atoms with Crippen molar-refractivity contribution >= 4 is 15.9 Å². The van der Waals surface area contributed by atoms with Crippen molar-refractivity contribution < 1.29 is 22.3 Å². The van der Waals surface area contributed by atoms with E-state index in [0.717, 1.165) is 0 Å². The van der Waals surface area contributed by atoms with Crippen LogP contribution < -0.4 is 0 Å². The van der Waals surface area contributed by atoms with Gasteiger partial charge in [-0.15, -0.1) is 0 Å². The van der Waals surface area contributed by atoms with Crippen LogP contribution >= 0.6 is 15.9 Å². The SMILES string of the molecule is FC(F)C(F)(F)COCc1cncc(Br)c1. The van der Waals surface area contributed by atoms with Crippen LogP contribution in [0.15, 0.2) is 22.9 Å². The van der Waals surface area contributed by atoms with Crippen LogP contribution in [-0.2, 0) is 11.3 Å². The Kier molecular flexibility index (Phi) is 4.67. The van der Waals surface area contributed by atoms with Gasteiger partial charge in [-0.2, -0.15) is 8.78 Å². The lowest BCUT2D eigenvalue weighted by Gasteiger charge is -2.14. The number of halogens is 5. The Balaban J connectivity index is 2.42. The zero-order chi connectivity index (χ0) is 12.2. The Hall–Kier alpha value is -0.690. The third-order valence-corrected chi connectivity index (χ3v) is 2.08. The standard InChI is InChI=1S/C9H8BrF4NO/c10-7-1-6(2-15-3-7)4-16-5-9(13,14)8(11)12/h1-3,8H,4-5H2. The van der Waals surface area contributed by atoms with E-state index in [1.54, 1.807) is 6.07 Å². The molecule has 0 radical (unpaired) electrons. The fourth-order valence-electron chi connectivity index (χ4n) is 0.903. The van der Waals surface area contributed by atoms with Gasteiger partial charge in [0.25, 0.3) is 0 Å². The van der Waals surface area contributed by atoms with Crippen LogP contribution in [0.1, 0.15) is 5.56 Å². The number of alkyl halides is 4. The molecule has 16 heavy (non-hydrogen) atoms. The molecule has 2 nitrogen and oxygen atoms in total. The Morgan fingerprint density at radius 3 is 2.62 bits per heavy atom. The highest BCUT2D eigenvalue weighted by atomic mass is 79.9. The van der Waals surface area contributed by atoms with Gasteiger partial charge in [-0.1, -0.05) is 0 Å². The molecule has 0 N–H and O–H groups in total. The molecular formula is C9H8BrF4NO. The molecule has 7 heteroatoms. The average molecular weight is 302 g/mol. The predicted molar refractivity (Wildman–Crippen MR) is 52.5 cm³/mol. The minimum atomic E-state index is -4.11. The summed E-state index contributed by atoms with van der Waals surface area (Å²) in [4.78, 5) is 3.77. The number of rotatable bonds is 5. The molecule has 0 aliphatic rings. The second-order valence-electron chi connectivity index (χ2n) is 3.07. The van der Waals surface area contributed by atoms with Crippen molar-refractivity contribution in [2.45, 2.75) is 19.0 Å². The fourth-order valence-corrected chi connectivity index (χ4v) is 1.31. The maximum absolute atomic E-state index is 12.4. The Labute approximate surface area is 97.8 Å².